The highest BCUT2D eigenvalue weighted by Gasteiger charge is 2.18. The van der Waals surface area contributed by atoms with Gasteiger partial charge in [-0.2, -0.15) is 5.26 Å². The average Bonchev–Trinajstić information content (AvgIpc) is 2.71. The second-order valence-electron chi connectivity index (χ2n) is 4.24. The van der Waals surface area contributed by atoms with Gasteiger partial charge in [0.1, 0.15) is 22.7 Å². The molecule has 1 unspecified atom stereocenters. The molecule has 0 spiro atoms. The summed E-state index contributed by atoms with van der Waals surface area (Å²) in [6.07, 6.45) is 1.55. The van der Waals surface area contributed by atoms with Crippen LogP contribution in [0.2, 0.25) is 5.02 Å². The SMILES string of the molecule is Cc1noc(C)c1C(C)Nc1nccc(C#N)c1Cl. The van der Waals surface area contributed by atoms with Gasteiger partial charge in [-0.3, -0.25) is 0 Å². The third kappa shape index (κ3) is 2.54. The van der Waals surface area contributed by atoms with E-state index in [1.165, 1.54) is 0 Å². The van der Waals surface area contributed by atoms with E-state index < -0.39 is 0 Å². The first kappa shape index (κ1) is 13.4. The van der Waals surface area contributed by atoms with Gasteiger partial charge in [0.05, 0.1) is 17.3 Å². The Bertz CT molecular complexity index is 625. The molecule has 0 aliphatic carbocycles. The quantitative estimate of drug-likeness (QED) is 0.930. The van der Waals surface area contributed by atoms with Gasteiger partial charge in [0.2, 0.25) is 0 Å². The molecular formula is C13H13ClN4O. The molecule has 2 heterocycles. The van der Waals surface area contributed by atoms with E-state index in [4.69, 9.17) is 21.4 Å². The Morgan fingerprint density at radius 2 is 2.21 bits per heavy atom. The Morgan fingerprint density at radius 1 is 1.47 bits per heavy atom. The van der Waals surface area contributed by atoms with Gasteiger partial charge in [0, 0.05) is 11.8 Å². The molecule has 0 saturated heterocycles. The van der Waals surface area contributed by atoms with Gasteiger partial charge < -0.3 is 9.84 Å². The summed E-state index contributed by atoms with van der Waals surface area (Å²) in [5, 5.41) is 16.3. The van der Waals surface area contributed by atoms with E-state index in [-0.39, 0.29) is 6.04 Å². The van der Waals surface area contributed by atoms with Crippen LogP contribution in [0.3, 0.4) is 0 Å². The molecule has 1 N–H and O–H groups in total. The highest BCUT2D eigenvalue weighted by atomic mass is 35.5. The van der Waals surface area contributed by atoms with Gasteiger partial charge in [-0.1, -0.05) is 16.8 Å². The molecule has 2 rings (SSSR count). The molecule has 0 radical (unpaired) electrons. The lowest BCUT2D eigenvalue weighted by molar-refractivity contribution is 0.392. The van der Waals surface area contributed by atoms with E-state index in [1.807, 2.05) is 26.8 Å². The summed E-state index contributed by atoms with van der Waals surface area (Å²) in [5.41, 5.74) is 2.19. The maximum absolute atomic E-state index is 8.93. The Hall–Kier alpha value is -2.06. The summed E-state index contributed by atoms with van der Waals surface area (Å²) in [6.45, 7) is 5.70. The average molecular weight is 277 g/mol. The molecule has 0 aromatic carbocycles. The van der Waals surface area contributed by atoms with Crippen molar-refractivity contribution in [2.75, 3.05) is 5.32 Å². The van der Waals surface area contributed by atoms with Crippen LogP contribution in [0.1, 0.15) is 35.5 Å². The molecule has 2 aromatic rings. The number of nitrogens with one attached hydrogen (secondary N) is 1. The second-order valence-corrected chi connectivity index (χ2v) is 4.61. The van der Waals surface area contributed by atoms with Crippen LogP contribution < -0.4 is 5.32 Å². The van der Waals surface area contributed by atoms with E-state index in [9.17, 15) is 0 Å². The van der Waals surface area contributed by atoms with Crippen molar-refractivity contribution in [2.45, 2.75) is 26.8 Å². The lowest BCUT2D eigenvalue weighted by atomic mass is 10.1. The zero-order valence-electron chi connectivity index (χ0n) is 10.9. The molecule has 0 amide bonds. The molecule has 98 valence electrons. The largest absolute Gasteiger partial charge is 0.362 e. The molecule has 6 heteroatoms. The third-order valence-electron chi connectivity index (χ3n) is 2.88. The topological polar surface area (TPSA) is 74.7 Å². The Balaban J connectivity index is 2.30. The number of hydrogen-bond donors (Lipinski definition) is 1. The van der Waals surface area contributed by atoms with Gasteiger partial charge in [0.25, 0.3) is 0 Å². The fourth-order valence-corrected chi connectivity index (χ4v) is 2.22. The molecule has 0 fully saturated rings. The van der Waals surface area contributed by atoms with Crippen molar-refractivity contribution in [1.29, 1.82) is 5.26 Å². The van der Waals surface area contributed by atoms with Gasteiger partial charge in [-0.25, -0.2) is 4.98 Å². The molecule has 5 nitrogen and oxygen atoms in total. The van der Waals surface area contributed by atoms with E-state index in [0.29, 0.717) is 16.4 Å². The van der Waals surface area contributed by atoms with Crippen LogP contribution in [-0.4, -0.2) is 10.1 Å². The number of halogens is 1. The minimum Gasteiger partial charge on any atom is -0.362 e. The van der Waals surface area contributed by atoms with Crippen LogP contribution in [0.4, 0.5) is 5.82 Å². The highest BCUT2D eigenvalue weighted by molar-refractivity contribution is 6.34. The van der Waals surface area contributed by atoms with E-state index in [2.05, 4.69) is 15.5 Å². The van der Waals surface area contributed by atoms with Crippen molar-refractivity contribution >= 4 is 17.4 Å². The van der Waals surface area contributed by atoms with E-state index in [1.54, 1.807) is 12.3 Å². The van der Waals surface area contributed by atoms with Crippen LogP contribution >= 0.6 is 11.6 Å². The first-order valence-electron chi connectivity index (χ1n) is 5.78. The second kappa shape index (κ2) is 5.29. The molecule has 0 bridgehead atoms. The monoisotopic (exact) mass is 276 g/mol. The third-order valence-corrected chi connectivity index (χ3v) is 3.27. The number of rotatable bonds is 3. The van der Waals surface area contributed by atoms with E-state index in [0.717, 1.165) is 17.0 Å². The summed E-state index contributed by atoms with van der Waals surface area (Å²) in [5.74, 6) is 1.23. The predicted octanol–water partition coefficient (Wildman–Crippen LogP) is 3.38. The summed E-state index contributed by atoms with van der Waals surface area (Å²) in [6, 6.07) is 3.54. The number of anilines is 1. The Kier molecular flexibility index (Phi) is 3.72. The van der Waals surface area contributed by atoms with Crippen molar-refractivity contribution in [3.05, 3.63) is 39.9 Å². The zero-order chi connectivity index (χ0) is 14.0. The van der Waals surface area contributed by atoms with Crippen molar-refractivity contribution in [3.63, 3.8) is 0 Å². The Labute approximate surface area is 116 Å². The van der Waals surface area contributed by atoms with Crippen LogP contribution in [0, 0.1) is 25.2 Å². The standard InChI is InChI=1S/C13H13ClN4O/c1-7(11-8(2)18-19-9(11)3)17-13-12(14)10(6-15)4-5-16-13/h4-5,7H,1-3H3,(H,16,17). The predicted molar refractivity (Wildman–Crippen MR) is 72.0 cm³/mol. The Morgan fingerprint density at radius 3 is 2.79 bits per heavy atom. The molecule has 1 atom stereocenters. The molecule has 0 aliphatic heterocycles. The van der Waals surface area contributed by atoms with Gasteiger partial charge >= 0.3 is 0 Å². The van der Waals surface area contributed by atoms with Crippen molar-refractivity contribution in [2.24, 2.45) is 0 Å². The summed E-state index contributed by atoms with van der Waals surface area (Å²) in [4.78, 5) is 4.15. The fourth-order valence-electron chi connectivity index (χ4n) is 2.02. The first-order valence-corrected chi connectivity index (χ1v) is 6.16. The highest BCUT2D eigenvalue weighted by Crippen LogP contribution is 2.29. The number of nitrogens with zero attached hydrogens (tertiary/aromatic N) is 3. The molecule has 0 aliphatic rings. The van der Waals surface area contributed by atoms with E-state index >= 15 is 0 Å². The molecule has 19 heavy (non-hydrogen) atoms. The number of nitriles is 1. The number of aryl methyl sites for hydroxylation is 2. The minimum atomic E-state index is -0.0646. The zero-order valence-corrected chi connectivity index (χ0v) is 11.6. The maximum atomic E-state index is 8.93. The van der Waals surface area contributed by atoms with Crippen LogP contribution in [-0.2, 0) is 0 Å². The van der Waals surface area contributed by atoms with Crippen molar-refractivity contribution < 1.29 is 4.52 Å². The van der Waals surface area contributed by atoms with Crippen LogP contribution in [0.5, 0.6) is 0 Å². The molecule has 2 aromatic heterocycles. The van der Waals surface area contributed by atoms with Gasteiger partial charge in [-0.05, 0) is 26.8 Å². The number of pyridine rings is 1. The lowest BCUT2D eigenvalue weighted by Crippen LogP contribution is -2.10. The van der Waals surface area contributed by atoms with Crippen LogP contribution in [0.15, 0.2) is 16.8 Å². The number of hydrogen-bond acceptors (Lipinski definition) is 5. The smallest absolute Gasteiger partial charge is 0.146 e. The van der Waals surface area contributed by atoms with Gasteiger partial charge in [-0.15, -0.1) is 0 Å². The summed E-state index contributed by atoms with van der Waals surface area (Å²) in [7, 11) is 0. The fraction of sp³-hybridized carbons (Fsp3) is 0.308. The van der Waals surface area contributed by atoms with Crippen molar-refractivity contribution in [3.8, 4) is 6.07 Å². The molecule has 0 saturated carbocycles. The van der Waals surface area contributed by atoms with Gasteiger partial charge in [0.15, 0.2) is 0 Å². The number of aromatic nitrogens is 2. The van der Waals surface area contributed by atoms with Crippen molar-refractivity contribution in [1.82, 2.24) is 10.1 Å². The normalized spacial score (nSPS) is 11.9. The summed E-state index contributed by atoms with van der Waals surface area (Å²) >= 11 is 6.11. The minimum absolute atomic E-state index is 0.0646. The molecular weight excluding hydrogens is 264 g/mol. The lowest BCUT2D eigenvalue weighted by Gasteiger charge is -2.15. The first-order chi connectivity index (χ1) is 9.04. The summed E-state index contributed by atoms with van der Waals surface area (Å²) < 4.78 is 5.13. The van der Waals surface area contributed by atoms with Crippen LogP contribution in [0.25, 0.3) is 0 Å². The maximum Gasteiger partial charge on any atom is 0.146 e.